The van der Waals surface area contributed by atoms with Gasteiger partial charge in [-0.1, -0.05) is 75.6 Å². The standard InChI is InChI=1S/C19H24/c1-7-11-15-16(12-8-2)18(14-10-4)19(5,6)17(15)13-9-3/h7-14H,1,3H2,2,4-6H3/b12-8-,14-10-,15-11-,17-13?. The monoisotopic (exact) mass is 252 g/mol. The molecule has 1 rings (SSSR count). The summed E-state index contributed by atoms with van der Waals surface area (Å²) < 4.78 is 0. The van der Waals surface area contributed by atoms with Crippen LogP contribution in [0.15, 0.2) is 84.1 Å². The summed E-state index contributed by atoms with van der Waals surface area (Å²) in [5, 5.41) is 0. The SMILES string of the molecule is C=CC=C1/C(=C\C=C)C(/C=C\C)=C(/C=C\C)C1(C)C. The van der Waals surface area contributed by atoms with Crippen LogP contribution in [0.1, 0.15) is 27.7 Å². The zero-order valence-electron chi connectivity index (χ0n) is 12.5. The molecule has 0 aromatic heterocycles. The molecule has 0 amide bonds. The molecule has 0 heterocycles. The van der Waals surface area contributed by atoms with Gasteiger partial charge in [0.05, 0.1) is 0 Å². The first-order chi connectivity index (χ1) is 9.04. The second-order valence-corrected chi connectivity index (χ2v) is 5.08. The molecule has 0 saturated heterocycles. The van der Waals surface area contributed by atoms with Gasteiger partial charge in [-0.2, -0.15) is 0 Å². The third kappa shape index (κ3) is 2.78. The molecule has 0 unspecified atom stereocenters. The number of hydrogen-bond donors (Lipinski definition) is 0. The maximum Gasteiger partial charge on any atom is 0.0158 e. The Balaban J connectivity index is 3.66. The predicted octanol–water partition coefficient (Wildman–Crippen LogP) is 5.70. The second-order valence-electron chi connectivity index (χ2n) is 5.08. The van der Waals surface area contributed by atoms with Crippen molar-refractivity contribution < 1.29 is 0 Å². The van der Waals surface area contributed by atoms with E-state index in [2.05, 4.69) is 70.4 Å². The van der Waals surface area contributed by atoms with Gasteiger partial charge < -0.3 is 0 Å². The van der Waals surface area contributed by atoms with Crippen molar-refractivity contribution in [3.63, 3.8) is 0 Å². The molecule has 0 fully saturated rings. The van der Waals surface area contributed by atoms with E-state index in [1.807, 2.05) is 19.1 Å². The van der Waals surface area contributed by atoms with Gasteiger partial charge >= 0.3 is 0 Å². The summed E-state index contributed by atoms with van der Waals surface area (Å²) in [5.74, 6) is 0. The number of allylic oxidation sites excluding steroid dienone is 12. The van der Waals surface area contributed by atoms with E-state index in [4.69, 9.17) is 0 Å². The van der Waals surface area contributed by atoms with Crippen LogP contribution in [0.4, 0.5) is 0 Å². The molecule has 0 bridgehead atoms. The molecule has 19 heavy (non-hydrogen) atoms. The summed E-state index contributed by atoms with van der Waals surface area (Å²) in [4.78, 5) is 0. The molecule has 0 N–H and O–H groups in total. The molecule has 0 aromatic rings. The van der Waals surface area contributed by atoms with Crippen LogP contribution in [0.5, 0.6) is 0 Å². The molecule has 0 aliphatic heterocycles. The van der Waals surface area contributed by atoms with Crippen molar-refractivity contribution in [2.75, 3.05) is 0 Å². The number of hydrogen-bond acceptors (Lipinski definition) is 0. The minimum absolute atomic E-state index is 0.00954. The van der Waals surface area contributed by atoms with Crippen molar-refractivity contribution in [3.05, 3.63) is 84.1 Å². The normalized spacial score (nSPS) is 23.2. The molecular formula is C19H24. The second kappa shape index (κ2) is 6.38. The average Bonchev–Trinajstić information content (AvgIpc) is 2.54. The van der Waals surface area contributed by atoms with Crippen LogP contribution >= 0.6 is 0 Å². The molecule has 0 atom stereocenters. The van der Waals surface area contributed by atoms with Gasteiger partial charge in [-0.3, -0.25) is 0 Å². The highest BCUT2D eigenvalue weighted by Gasteiger charge is 2.37. The third-order valence-electron chi connectivity index (χ3n) is 3.45. The molecular weight excluding hydrogens is 228 g/mol. The van der Waals surface area contributed by atoms with E-state index >= 15 is 0 Å². The Bertz CT molecular complexity index is 514. The van der Waals surface area contributed by atoms with Gasteiger partial charge in [0.2, 0.25) is 0 Å². The first-order valence-electron chi connectivity index (χ1n) is 6.71. The van der Waals surface area contributed by atoms with Gasteiger partial charge in [-0.15, -0.1) is 0 Å². The highest BCUT2D eigenvalue weighted by atomic mass is 14.4. The van der Waals surface area contributed by atoms with Gasteiger partial charge in [0.25, 0.3) is 0 Å². The lowest BCUT2D eigenvalue weighted by Gasteiger charge is -2.23. The molecule has 0 nitrogen and oxygen atoms in total. The lowest BCUT2D eigenvalue weighted by atomic mass is 9.80. The highest BCUT2D eigenvalue weighted by Crippen LogP contribution is 2.51. The Labute approximate surface area is 117 Å². The van der Waals surface area contributed by atoms with Crippen molar-refractivity contribution in [1.82, 2.24) is 0 Å². The summed E-state index contributed by atoms with van der Waals surface area (Å²) in [6.07, 6.45) is 16.5. The van der Waals surface area contributed by atoms with Crippen LogP contribution in [0.2, 0.25) is 0 Å². The van der Waals surface area contributed by atoms with Crippen LogP contribution in [0.3, 0.4) is 0 Å². The van der Waals surface area contributed by atoms with Crippen LogP contribution in [0.25, 0.3) is 0 Å². The van der Waals surface area contributed by atoms with Crippen molar-refractivity contribution in [2.45, 2.75) is 27.7 Å². The van der Waals surface area contributed by atoms with E-state index in [1.54, 1.807) is 0 Å². The molecule has 100 valence electrons. The zero-order valence-corrected chi connectivity index (χ0v) is 12.5. The summed E-state index contributed by atoms with van der Waals surface area (Å²) >= 11 is 0. The Kier molecular flexibility index (Phi) is 5.11. The van der Waals surface area contributed by atoms with Crippen LogP contribution in [-0.2, 0) is 0 Å². The molecule has 0 spiro atoms. The van der Waals surface area contributed by atoms with Gasteiger partial charge in [0, 0.05) is 5.41 Å². The van der Waals surface area contributed by atoms with E-state index < -0.39 is 0 Å². The average molecular weight is 252 g/mol. The fourth-order valence-electron chi connectivity index (χ4n) is 2.63. The van der Waals surface area contributed by atoms with Crippen molar-refractivity contribution in [2.24, 2.45) is 5.41 Å². The molecule has 1 aliphatic carbocycles. The van der Waals surface area contributed by atoms with Crippen LogP contribution in [-0.4, -0.2) is 0 Å². The Morgan fingerprint density at radius 3 is 1.95 bits per heavy atom. The summed E-state index contributed by atoms with van der Waals surface area (Å²) in [7, 11) is 0. The van der Waals surface area contributed by atoms with E-state index in [-0.39, 0.29) is 5.41 Å². The van der Waals surface area contributed by atoms with Crippen LogP contribution in [0, 0.1) is 5.41 Å². The molecule has 0 saturated carbocycles. The van der Waals surface area contributed by atoms with E-state index in [9.17, 15) is 0 Å². The highest BCUT2D eigenvalue weighted by molar-refractivity contribution is 5.68. The maximum atomic E-state index is 3.84. The predicted molar refractivity (Wildman–Crippen MR) is 87.0 cm³/mol. The minimum Gasteiger partial charge on any atom is -0.0991 e. The Hall–Kier alpha value is -1.82. The van der Waals surface area contributed by atoms with Gasteiger partial charge in [-0.25, -0.2) is 0 Å². The molecule has 1 aliphatic rings. The molecule has 0 heteroatoms. The number of rotatable bonds is 4. The van der Waals surface area contributed by atoms with Crippen molar-refractivity contribution >= 4 is 0 Å². The van der Waals surface area contributed by atoms with Gasteiger partial charge in [0.1, 0.15) is 0 Å². The minimum atomic E-state index is -0.00954. The maximum absolute atomic E-state index is 3.84. The first-order valence-corrected chi connectivity index (χ1v) is 6.71. The van der Waals surface area contributed by atoms with Crippen LogP contribution < -0.4 is 0 Å². The smallest absolute Gasteiger partial charge is 0.0158 e. The zero-order chi connectivity index (χ0) is 14.5. The van der Waals surface area contributed by atoms with Gasteiger partial charge in [0.15, 0.2) is 0 Å². The Morgan fingerprint density at radius 1 is 0.895 bits per heavy atom. The van der Waals surface area contributed by atoms with Crippen molar-refractivity contribution in [3.8, 4) is 0 Å². The fourth-order valence-corrected chi connectivity index (χ4v) is 2.63. The van der Waals surface area contributed by atoms with E-state index in [1.165, 1.54) is 22.3 Å². The summed E-state index contributed by atoms with van der Waals surface area (Å²) in [6, 6.07) is 0. The summed E-state index contributed by atoms with van der Waals surface area (Å²) in [6.45, 7) is 16.3. The molecule has 0 aromatic carbocycles. The fraction of sp³-hybridized carbons (Fsp3) is 0.263. The van der Waals surface area contributed by atoms with E-state index in [0.29, 0.717) is 0 Å². The quantitative estimate of drug-likeness (QED) is 0.602. The third-order valence-corrected chi connectivity index (χ3v) is 3.45. The Morgan fingerprint density at radius 2 is 1.47 bits per heavy atom. The molecule has 0 radical (unpaired) electrons. The van der Waals surface area contributed by atoms with Gasteiger partial charge in [-0.05, 0) is 36.1 Å². The lowest BCUT2D eigenvalue weighted by Crippen LogP contribution is -2.12. The largest absolute Gasteiger partial charge is 0.0991 e. The topological polar surface area (TPSA) is 0 Å². The van der Waals surface area contributed by atoms with E-state index in [0.717, 1.165) is 0 Å². The first kappa shape index (κ1) is 15.2. The summed E-state index contributed by atoms with van der Waals surface area (Å²) in [5.41, 5.74) is 5.15. The van der Waals surface area contributed by atoms with Crippen molar-refractivity contribution in [1.29, 1.82) is 0 Å². The lowest BCUT2D eigenvalue weighted by molar-refractivity contribution is 0.578.